The Labute approximate surface area is 141 Å². The average molecular weight is 327 g/mol. The van der Waals surface area contributed by atoms with Gasteiger partial charge in [0.25, 0.3) is 5.91 Å². The first kappa shape index (κ1) is 16.2. The van der Waals surface area contributed by atoms with E-state index in [4.69, 9.17) is 14.2 Å². The summed E-state index contributed by atoms with van der Waals surface area (Å²) in [6.07, 6.45) is 0.807. The molecule has 2 aromatic rings. The van der Waals surface area contributed by atoms with Gasteiger partial charge in [-0.3, -0.25) is 4.79 Å². The van der Waals surface area contributed by atoms with Gasteiger partial charge in [-0.1, -0.05) is 17.7 Å². The average Bonchev–Trinajstić information content (AvgIpc) is 2.80. The first-order valence-corrected chi connectivity index (χ1v) is 7.94. The van der Waals surface area contributed by atoms with E-state index in [9.17, 15) is 4.79 Å². The molecule has 24 heavy (non-hydrogen) atoms. The Morgan fingerprint density at radius 2 is 1.79 bits per heavy atom. The third-order valence-electron chi connectivity index (χ3n) is 3.94. The summed E-state index contributed by atoms with van der Waals surface area (Å²) in [5.41, 5.74) is 3.36. The fraction of sp³-hybridized carbons (Fsp3) is 0.316. The summed E-state index contributed by atoms with van der Waals surface area (Å²) in [6.45, 7) is 5.14. The Kier molecular flexibility index (Phi) is 4.60. The molecule has 2 aromatic carbocycles. The van der Waals surface area contributed by atoms with Gasteiger partial charge in [-0.05, 0) is 25.5 Å². The highest BCUT2D eigenvalue weighted by Gasteiger charge is 2.20. The van der Waals surface area contributed by atoms with Gasteiger partial charge in [0.1, 0.15) is 5.75 Å². The predicted octanol–water partition coefficient (Wildman–Crippen LogP) is 3.73. The number of anilines is 1. The summed E-state index contributed by atoms with van der Waals surface area (Å²) >= 11 is 0. The number of rotatable bonds is 3. The van der Waals surface area contributed by atoms with Gasteiger partial charge in [-0.2, -0.15) is 0 Å². The highest BCUT2D eigenvalue weighted by Crippen LogP contribution is 2.36. The van der Waals surface area contributed by atoms with Gasteiger partial charge in [-0.15, -0.1) is 0 Å². The Hall–Kier alpha value is -2.69. The van der Waals surface area contributed by atoms with E-state index < -0.39 is 0 Å². The maximum Gasteiger partial charge on any atom is 0.259 e. The van der Waals surface area contributed by atoms with Crippen molar-refractivity contribution in [1.29, 1.82) is 0 Å². The SMILES string of the molecule is COc1cc2c(cc1C(=O)Nc1ccc(C)cc1C)OCCCO2. The normalized spacial score (nSPS) is 13.1. The summed E-state index contributed by atoms with van der Waals surface area (Å²) in [4.78, 5) is 12.7. The van der Waals surface area contributed by atoms with E-state index >= 15 is 0 Å². The number of nitrogens with one attached hydrogen (secondary N) is 1. The lowest BCUT2D eigenvalue weighted by Gasteiger charge is -2.15. The van der Waals surface area contributed by atoms with E-state index in [-0.39, 0.29) is 5.91 Å². The van der Waals surface area contributed by atoms with Crippen molar-refractivity contribution < 1.29 is 19.0 Å². The van der Waals surface area contributed by atoms with Crippen LogP contribution in [0.5, 0.6) is 17.2 Å². The van der Waals surface area contributed by atoms with Crippen LogP contribution in [0.25, 0.3) is 0 Å². The van der Waals surface area contributed by atoms with Crippen LogP contribution in [0.3, 0.4) is 0 Å². The number of fused-ring (bicyclic) bond motifs is 1. The van der Waals surface area contributed by atoms with Crippen molar-refractivity contribution in [3.8, 4) is 17.2 Å². The topological polar surface area (TPSA) is 56.8 Å². The van der Waals surface area contributed by atoms with Gasteiger partial charge in [0.05, 0.1) is 25.9 Å². The maximum absolute atomic E-state index is 12.7. The van der Waals surface area contributed by atoms with E-state index in [0.29, 0.717) is 36.0 Å². The van der Waals surface area contributed by atoms with Crippen LogP contribution in [-0.2, 0) is 0 Å². The highest BCUT2D eigenvalue weighted by atomic mass is 16.5. The number of benzene rings is 2. The summed E-state index contributed by atoms with van der Waals surface area (Å²) in [7, 11) is 1.53. The van der Waals surface area contributed by atoms with E-state index in [1.54, 1.807) is 12.1 Å². The highest BCUT2D eigenvalue weighted by molar-refractivity contribution is 6.07. The molecule has 0 saturated carbocycles. The fourth-order valence-corrected chi connectivity index (χ4v) is 2.68. The summed E-state index contributed by atoms with van der Waals surface area (Å²) < 4.78 is 16.7. The van der Waals surface area contributed by atoms with Gasteiger partial charge < -0.3 is 19.5 Å². The smallest absolute Gasteiger partial charge is 0.259 e. The molecule has 0 unspecified atom stereocenters. The standard InChI is InChI=1S/C19H21NO4/c1-12-5-6-15(13(2)9-12)20-19(21)14-10-17-18(11-16(14)22-3)24-8-4-7-23-17/h5-6,9-11H,4,7-8H2,1-3H3,(H,20,21). The van der Waals surface area contributed by atoms with E-state index in [0.717, 1.165) is 23.2 Å². The number of aryl methyl sites for hydroxylation is 2. The molecule has 1 heterocycles. The molecule has 3 rings (SSSR count). The van der Waals surface area contributed by atoms with E-state index in [2.05, 4.69) is 5.32 Å². The second kappa shape index (κ2) is 6.83. The van der Waals surface area contributed by atoms with Gasteiger partial charge in [0.2, 0.25) is 0 Å². The van der Waals surface area contributed by atoms with Crippen LogP contribution in [0, 0.1) is 13.8 Å². The summed E-state index contributed by atoms with van der Waals surface area (Å²) in [6, 6.07) is 9.28. The number of hydrogen-bond donors (Lipinski definition) is 1. The molecule has 126 valence electrons. The molecule has 1 amide bonds. The Morgan fingerprint density at radius 3 is 2.46 bits per heavy atom. The minimum absolute atomic E-state index is 0.241. The monoisotopic (exact) mass is 327 g/mol. The maximum atomic E-state index is 12.7. The lowest BCUT2D eigenvalue weighted by Crippen LogP contribution is -2.14. The second-order valence-electron chi connectivity index (χ2n) is 5.82. The minimum atomic E-state index is -0.241. The molecule has 1 N–H and O–H groups in total. The zero-order valence-corrected chi connectivity index (χ0v) is 14.1. The third-order valence-corrected chi connectivity index (χ3v) is 3.94. The van der Waals surface area contributed by atoms with Crippen molar-refractivity contribution in [3.63, 3.8) is 0 Å². The second-order valence-corrected chi connectivity index (χ2v) is 5.82. The van der Waals surface area contributed by atoms with Crippen molar-refractivity contribution in [2.24, 2.45) is 0 Å². The number of amides is 1. The summed E-state index contributed by atoms with van der Waals surface area (Å²) in [5, 5.41) is 2.94. The van der Waals surface area contributed by atoms with Crippen LogP contribution in [0.1, 0.15) is 27.9 Å². The predicted molar refractivity (Wildman–Crippen MR) is 92.5 cm³/mol. The van der Waals surface area contributed by atoms with Crippen molar-refractivity contribution in [3.05, 3.63) is 47.0 Å². The molecule has 5 nitrogen and oxygen atoms in total. The lowest BCUT2D eigenvalue weighted by molar-refractivity contribution is 0.102. The molecule has 0 fully saturated rings. The molecule has 0 radical (unpaired) electrons. The lowest BCUT2D eigenvalue weighted by atomic mass is 10.1. The molecule has 0 atom stereocenters. The first-order valence-electron chi connectivity index (χ1n) is 7.94. The molecule has 0 saturated heterocycles. The van der Waals surface area contributed by atoms with Crippen LogP contribution in [0.15, 0.2) is 30.3 Å². The minimum Gasteiger partial charge on any atom is -0.496 e. The molecule has 5 heteroatoms. The summed E-state index contributed by atoms with van der Waals surface area (Å²) in [5.74, 6) is 1.39. The van der Waals surface area contributed by atoms with Crippen molar-refractivity contribution in [1.82, 2.24) is 0 Å². The van der Waals surface area contributed by atoms with Gasteiger partial charge in [0, 0.05) is 24.2 Å². The number of hydrogen-bond acceptors (Lipinski definition) is 4. The first-order chi connectivity index (χ1) is 11.6. The van der Waals surface area contributed by atoms with E-state index in [1.807, 2.05) is 32.0 Å². The van der Waals surface area contributed by atoms with Crippen molar-refractivity contribution in [2.45, 2.75) is 20.3 Å². The zero-order chi connectivity index (χ0) is 17.1. The van der Waals surface area contributed by atoms with Gasteiger partial charge in [-0.25, -0.2) is 0 Å². The van der Waals surface area contributed by atoms with Crippen LogP contribution < -0.4 is 19.5 Å². The van der Waals surface area contributed by atoms with Crippen LogP contribution >= 0.6 is 0 Å². The largest absolute Gasteiger partial charge is 0.496 e. The Morgan fingerprint density at radius 1 is 1.08 bits per heavy atom. The number of carbonyl (C=O) groups excluding carboxylic acids is 1. The number of methoxy groups -OCH3 is 1. The molecule has 0 spiro atoms. The van der Waals surface area contributed by atoms with Gasteiger partial charge in [0.15, 0.2) is 11.5 Å². The zero-order valence-electron chi connectivity index (χ0n) is 14.1. The Balaban J connectivity index is 1.92. The molecule has 0 bridgehead atoms. The molecule has 1 aliphatic heterocycles. The quantitative estimate of drug-likeness (QED) is 0.933. The molecular formula is C19H21NO4. The third kappa shape index (κ3) is 3.30. The van der Waals surface area contributed by atoms with Gasteiger partial charge >= 0.3 is 0 Å². The molecule has 1 aliphatic rings. The number of ether oxygens (including phenoxy) is 3. The molecular weight excluding hydrogens is 306 g/mol. The Bertz CT molecular complexity index is 770. The van der Waals surface area contributed by atoms with Crippen molar-refractivity contribution in [2.75, 3.05) is 25.6 Å². The van der Waals surface area contributed by atoms with Crippen LogP contribution in [-0.4, -0.2) is 26.2 Å². The van der Waals surface area contributed by atoms with Crippen LogP contribution in [0.4, 0.5) is 5.69 Å². The molecule has 0 aromatic heterocycles. The molecule has 0 aliphatic carbocycles. The van der Waals surface area contributed by atoms with Crippen LogP contribution in [0.2, 0.25) is 0 Å². The van der Waals surface area contributed by atoms with Crippen molar-refractivity contribution >= 4 is 11.6 Å². The number of carbonyl (C=O) groups is 1. The fourth-order valence-electron chi connectivity index (χ4n) is 2.68. The van der Waals surface area contributed by atoms with E-state index in [1.165, 1.54) is 7.11 Å².